The summed E-state index contributed by atoms with van der Waals surface area (Å²) >= 11 is 0. The molecule has 11 nitrogen and oxygen atoms in total. The Morgan fingerprint density at radius 3 is 2.87 bits per heavy atom. The Hall–Kier alpha value is -3.21. The molecule has 1 aliphatic carbocycles. The molecule has 11 heteroatoms. The SMILES string of the molecule is CCOC(=O)CN(CC1C=C(CN2CCCC2)C=CC1)c1nc(=O)[nH]c(N)c1[N+](=O)[O-]. The molecule has 1 aromatic rings. The third-order valence-electron chi connectivity index (χ3n) is 5.30. The summed E-state index contributed by atoms with van der Waals surface area (Å²) in [4.78, 5) is 44.7. The van der Waals surface area contributed by atoms with Gasteiger partial charge >= 0.3 is 17.3 Å². The van der Waals surface area contributed by atoms with Crippen molar-refractivity contribution in [3.05, 3.63) is 44.4 Å². The molecule has 3 rings (SSSR count). The molecule has 0 aromatic carbocycles. The van der Waals surface area contributed by atoms with E-state index in [9.17, 15) is 19.7 Å². The molecule has 3 N–H and O–H groups in total. The molecule has 0 radical (unpaired) electrons. The fourth-order valence-corrected chi connectivity index (χ4v) is 4.00. The van der Waals surface area contributed by atoms with Crippen molar-refractivity contribution in [1.29, 1.82) is 0 Å². The van der Waals surface area contributed by atoms with E-state index in [4.69, 9.17) is 10.5 Å². The number of hydrogen-bond acceptors (Lipinski definition) is 9. The highest BCUT2D eigenvalue weighted by Gasteiger charge is 2.29. The van der Waals surface area contributed by atoms with E-state index < -0.39 is 28.1 Å². The number of anilines is 2. The number of allylic oxidation sites excluding steroid dienone is 1. The maximum absolute atomic E-state index is 12.2. The molecule has 1 aliphatic heterocycles. The van der Waals surface area contributed by atoms with Gasteiger partial charge in [-0.25, -0.2) is 4.79 Å². The standard InChI is InChI=1S/C20H28N6O5/c1-2-31-16(27)13-25(19-17(26(29)30)18(21)22-20(28)23-19)12-15-7-5-6-14(10-15)11-24-8-3-4-9-24/h5-6,10,15H,2-4,7-9,11-13H2,1H3,(H3,21,22,23,28). The van der Waals surface area contributed by atoms with Gasteiger partial charge in [0.05, 0.1) is 11.5 Å². The van der Waals surface area contributed by atoms with Crippen molar-refractivity contribution in [2.24, 2.45) is 5.92 Å². The normalized spacial score (nSPS) is 18.6. The van der Waals surface area contributed by atoms with Gasteiger partial charge in [-0.05, 0) is 50.8 Å². The molecular formula is C20H28N6O5. The van der Waals surface area contributed by atoms with Crippen LogP contribution >= 0.6 is 0 Å². The van der Waals surface area contributed by atoms with Crippen molar-refractivity contribution in [3.63, 3.8) is 0 Å². The van der Waals surface area contributed by atoms with E-state index in [2.05, 4.69) is 33.1 Å². The molecule has 1 aromatic heterocycles. The van der Waals surface area contributed by atoms with E-state index in [1.54, 1.807) is 6.92 Å². The Kier molecular flexibility index (Phi) is 7.40. The molecule has 31 heavy (non-hydrogen) atoms. The molecule has 0 amide bonds. The molecule has 0 saturated carbocycles. The topological polar surface area (TPSA) is 148 Å². The number of esters is 1. The third kappa shape index (κ3) is 5.91. The first-order valence-electron chi connectivity index (χ1n) is 10.4. The van der Waals surface area contributed by atoms with Crippen molar-refractivity contribution >= 4 is 23.3 Å². The fraction of sp³-hybridized carbons (Fsp3) is 0.550. The van der Waals surface area contributed by atoms with Crippen molar-refractivity contribution in [2.75, 3.05) is 50.0 Å². The highest BCUT2D eigenvalue weighted by atomic mass is 16.6. The highest BCUT2D eigenvalue weighted by molar-refractivity contribution is 5.78. The number of nitro groups is 1. The Morgan fingerprint density at radius 2 is 2.19 bits per heavy atom. The van der Waals surface area contributed by atoms with Gasteiger partial charge in [-0.1, -0.05) is 18.2 Å². The number of nitrogens with two attached hydrogens (primary N) is 1. The summed E-state index contributed by atoms with van der Waals surface area (Å²) in [6.07, 6.45) is 9.39. The van der Waals surface area contributed by atoms with Crippen LogP contribution in [0.3, 0.4) is 0 Å². The average Bonchev–Trinajstić information content (AvgIpc) is 3.20. The Balaban J connectivity index is 1.87. The van der Waals surface area contributed by atoms with Gasteiger partial charge in [-0.2, -0.15) is 4.98 Å². The van der Waals surface area contributed by atoms with E-state index in [0.29, 0.717) is 6.42 Å². The number of nitrogens with zero attached hydrogens (tertiary/aromatic N) is 4. The molecule has 1 fully saturated rings. The predicted molar refractivity (Wildman–Crippen MR) is 116 cm³/mol. The molecule has 1 saturated heterocycles. The predicted octanol–water partition coefficient (Wildman–Crippen LogP) is 1.23. The van der Waals surface area contributed by atoms with Crippen LogP contribution in [0.25, 0.3) is 0 Å². The summed E-state index contributed by atoms with van der Waals surface area (Å²) in [5.74, 6) is -1.21. The van der Waals surface area contributed by atoms with E-state index in [1.165, 1.54) is 23.3 Å². The summed E-state index contributed by atoms with van der Waals surface area (Å²) in [6, 6.07) is 0. The maximum Gasteiger partial charge on any atom is 0.351 e. The molecule has 2 aliphatic rings. The molecule has 2 heterocycles. The number of ether oxygens (including phenoxy) is 1. The van der Waals surface area contributed by atoms with E-state index in [-0.39, 0.29) is 31.4 Å². The minimum absolute atomic E-state index is 0.0149. The molecular weight excluding hydrogens is 404 g/mol. The number of nitrogen functional groups attached to an aromatic ring is 1. The number of aromatic nitrogens is 2. The van der Waals surface area contributed by atoms with Crippen LogP contribution in [-0.4, -0.2) is 65.1 Å². The smallest absolute Gasteiger partial charge is 0.351 e. The lowest BCUT2D eigenvalue weighted by Crippen LogP contribution is -2.37. The zero-order chi connectivity index (χ0) is 22.4. The second kappa shape index (κ2) is 10.2. The second-order valence-electron chi connectivity index (χ2n) is 7.69. The number of nitrogens with one attached hydrogen (secondary N) is 1. The van der Waals surface area contributed by atoms with Crippen LogP contribution in [0.5, 0.6) is 0 Å². The summed E-state index contributed by atoms with van der Waals surface area (Å²) in [6.45, 7) is 4.82. The van der Waals surface area contributed by atoms with Crippen LogP contribution in [0.15, 0.2) is 28.6 Å². The van der Waals surface area contributed by atoms with Crippen LogP contribution < -0.4 is 16.3 Å². The van der Waals surface area contributed by atoms with Crippen LogP contribution in [0.4, 0.5) is 17.3 Å². The van der Waals surface area contributed by atoms with Crippen LogP contribution in [-0.2, 0) is 9.53 Å². The number of H-pyrrole nitrogens is 1. The van der Waals surface area contributed by atoms with E-state index in [0.717, 1.165) is 19.6 Å². The first-order valence-corrected chi connectivity index (χ1v) is 10.4. The zero-order valence-corrected chi connectivity index (χ0v) is 17.6. The number of hydrogen-bond donors (Lipinski definition) is 2. The summed E-state index contributed by atoms with van der Waals surface area (Å²) in [5.41, 5.74) is 5.51. The van der Waals surface area contributed by atoms with Crippen LogP contribution in [0.1, 0.15) is 26.2 Å². The second-order valence-corrected chi connectivity index (χ2v) is 7.69. The van der Waals surface area contributed by atoms with Gasteiger partial charge in [0, 0.05) is 13.1 Å². The number of rotatable bonds is 9. The zero-order valence-electron chi connectivity index (χ0n) is 17.6. The van der Waals surface area contributed by atoms with Gasteiger partial charge in [0.15, 0.2) is 5.82 Å². The van der Waals surface area contributed by atoms with Gasteiger partial charge in [0.2, 0.25) is 5.82 Å². The first kappa shape index (κ1) is 22.5. The van der Waals surface area contributed by atoms with Gasteiger partial charge < -0.3 is 15.4 Å². The molecule has 1 atom stereocenters. The molecule has 0 spiro atoms. The average molecular weight is 432 g/mol. The van der Waals surface area contributed by atoms with Gasteiger partial charge in [0.25, 0.3) is 0 Å². The quantitative estimate of drug-likeness (QED) is 0.334. The molecule has 168 valence electrons. The largest absolute Gasteiger partial charge is 0.465 e. The van der Waals surface area contributed by atoms with Crippen LogP contribution in [0, 0.1) is 16.0 Å². The Bertz CT molecular complexity index is 934. The van der Waals surface area contributed by atoms with E-state index in [1.807, 2.05) is 0 Å². The van der Waals surface area contributed by atoms with Gasteiger partial charge in [0.1, 0.15) is 6.54 Å². The van der Waals surface area contributed by atoms with Crippen molar-refractivity contribution in [1.82, 2.24) is 14.9 Å². The third-order valence-corrected chi connectivity index (χ3v) is 5.30. The highest BCUT2D eigenvalue weighted by Crippen LogP contribution is 2.30. The Labute approximate surface area is 179 Å². The minimum Gasteiger partial charge on any atom is -0.465 e. The number of aromatic amines is 1. The lowest BCUT2D eigenvalue weighted by molar-refractivity contribution is -0.383. The number of likely N-dealkylation sites (tertiary alicyclic amines) is 1. The Morgan fingerprint density at radius 1 is 1.45 bits per heavy atom. The summed E-state index contributed by atoms with van der Waals surface area (Å²) in [5, 5.41) is 11.6. The minimum atomic E-state index is -0.819. The summed E-state index contributed by atoms with van der Waals surface area (Å²) < 4.78 is 5.02. The number of carbonyl (C=O) groups is 1. The maximum atomic E-state index is 12.2. The first-order chi connectivity index (χ1) is 14.9. The number of carbonyl (C=O) groups excluding carboxylic acids is 1. The molecule has 1 unspecified atom stereocenters. The van der Waals surface area contributed by atoms with Crippen LogP contribution in [0.2, 0.25) is 0 Å². The van der Waals surface area contributed by atoms with Crippen molar-refractivity contribution in [2.45, 2.75) is 26.2 Å². The monoisotopic (exact) mass is 432 g/mol. The van der Waals surface area contributed by atoms with Crippen molar-refractivity contribution < 1.29 is 14.5 Å². The summed E-state index contributed by atoms with van der Waals surface area (Å²) in [7, 11) is 0. The lowest BCUT2D eigenvalue weighted by Gasteiger charge is -2.28. The van der Waals surface area contributed by atoms with Gasteiger partial charge in [-0.15, -0.1) is 0 Å². The van der Waals surface area contributed by atoms with Crippen molar-refractivity contribution in [3.8, 4) is 0 Å². The molecule has 0 bridgehead atoms. The van der Waals surface area contributed by atoms with E-state index >= 15 is 0 Å². The van der Waals surface area contributed by atoms with Gasteiger partial charge in [-0.3, -0.25) is 24.8 Å². The lowest BCUT2D eigenvalue weighted by atomic mass is 9.95. The fourth-order valence-electron chi connectivity index (χ4n) is 4.00.